The molecule has 0 N–H and O–H groups in total. The lowest BCUT2D eigenvalue weighted by Gasteiger charge is -2.51. The second-order valence-corrected chi connectivity index (χ2v) is 8.15. The molecule has 4 heterocycles. The molecule has 6 rings (SSSR count). The largest absolute Gasteiger partial charge is 0.496 e. The van der Waals surface area contributed by atoms with Crippen molar-refractivity contribution >= 4 is 5.91 Å². The van der Waals surface area contributed by atoms with Gasteiger partial charge in [0.25, 0.3) is 5.91 Å². The number of piperidine rings is 3. The van der Waals surface area contributed by atoms with Gasteiger partial charge < -0.3 is 9.64 Å². The van der Waals surface area contributed by atoms with E-state index in [4.69, 9.17) is 4.74 Å². The van der Waals surface area contributed by atoms with E-state index in [1.165, 1.54) is 18.7 Å². The minimum Gasteiger partial charge on any atom is -0.496 e. The second kappa shape index (κ2) is 6.89. The van der Waals surface area contributed by atoms with Gasteiger partial charge >= 0.3 is 0 Å². The van der Waals surface area contributed by atoms with E-state index in [2.05, 4.69) is 29.2 Å². The predicted octanol–water partition coefficient (Wildman–Crippen LogP) is 3.54. The number of nitrogens with zero attached hydrogens (tertiary/aromatic N) is 2. The lowest BCUT2D eigenvalue weighted by atomic mass is 9.75. The molecule has 0 aliphatic carbocycles. The second-order valence-electron chi connectivity index (χ2n) is 8.15. The Kier molecular flexibility index (Phi) is 4.35. The van der Waals surface area contributed by atoms with E-state index < -0.39 is 5.82 Å². The normalized spacial score (nSPS) is 30.9. The maximum Gasteiger partial charge on any atom is 0.260 e. The maximum absolute atomic E-state index is 14.6. The zero-order valence-corrected chi connectivity index (χ0v) is 16.1. The summed E-state index contributed by atoms with van der Waals surface area (Å²) in [5, 5.41) is 0. The van der Waals surface area contributed by atoms with Crippen molar-refractivity contribution in [2.75, 3.05) is 26.7 Å². The molecule has 2 aromatic carbocycles. The molecule has 3 atom stereocenters. The van der Waals surface area contributed by atoms with Gasteiger partial charge in [-0.2, -0.15) is 0 Å². The first-order valence-electron chi connectivity index (χ1n) is 10.1. The minimum atomic E-state index is -0.509. The number of benzene rings is 2. The van der Waals surface area contributed by atoms with E-state index in [9.17, 15) is 9.18 Å². The first-order chi connectivity index (χ1) is 13.7. The number of carbonyl (C=O) groups excluding carboxylic acids is 1. The van der Waals surface area contributed by atoms with E-state index >= 15 is 0 Å². The molecule has 146 valence electrons. The minimum absolute atomic E-state index is 0.0638. The van der Waals surface area contributed by atoms with Crippen LogP contribution in [0, 0.1) is 11.7 Å². The molecule has 4 nitrogen and oxygen atoms in total. The molecule has 1 amide bonds. The third kappa shape index (κ3) is 2.64. The van der Waals surface area contributed by atoms with Gasteiger partial charge in [-0.3, -0.25) is 9.69 Å². The number of carbonyl (C=O) groups is 1. The van der Waals surface area contributed by atoms with Crippen molar-refractivity contribution < 1.29 is 13.9 Å². The van der Waals surface area contributed by atoms with E-state index in [1.807, 2.05) is 11.0 Å². The van der Waals surface area contributed by atoms with Crippen LogP contribution in [-0.4, -0.2) is 54.5 Å². The highest BCUT2D eigenvalue weighted by Crippen LogP contribution is 2.47. The van der Waals surface area contributed by atoms with Crippen LogP contribution in [0.25, 0.3) is 0 Å². The van der Waals surface area contributed by atoms with Crippen LogP contribution in [0.3, 0.4) is 0 Å². The third-order valence-corrected chi connectivity index (χ3v) is 6.89. The Bertz CT molecular complexity index is 879. The average Bonchev–Trinajstić information content (AvgIpc) is 3.17. The van der Waals surface area contributed by atoms with E-state index in [0.717, 1.165) is 25.9 Å². The molecule has 4 saturated heterocycles. The van der Waals surface area contributed by atoms with Crippen molar-refractivity contribution in [2.45, 2.75) is 30.8 Å². The van der Waals surface area contributed by atoms with E-state index in [0.29, 0.717) is 24.3 Å². The molecule has 4 aliphatic rings. The topological polar surface area (TPSA) is 32.8 Å². The van der Waals surface area contributed by atoms with Gasteiger partial charge in [-0.05, 0) is 49.5 Å². The van der Waals surface area contributed by atoms with Gasteiger partial charge in [-0.25, -0.2) is 4.39 Å². The molecule has 5 heteroatoms. The van der Waals surface area contributed by atoms with Crippen LogP contribution >= 0.6 is 0 Å². The Hall–Kier alpha value is -2.40. The number of likely N-dealkylation sites (tertiary alicyclic amines) is 1. The summed E-state index contributed by atoms with van der Waals surface area (Å²) in [6, 6.07) is 15.5. The zero-order chi connectivity index (χ0) is 19.3. The Morgan fingerprint density at radius 3 is 2.50 bits per heavy atom. The molecule has 28 heavy (non-hydrogen) atoms. The molecular weight excluding hydrogens is 355 g/mol. The number of ether oxygens (including phenoxy) is 1. The molecule has 0 aromatic heterocycles. The Morgan fingerprint density at radius 2 is 1.79 bits per heavy atom. The van der Waals surface area contributed by atoms with Crippen molar-refractivity contribution in [3.05, 3.63) is 65.5 Å². The van der Waals surface area contributed by atoms with Gasteiger partial charge in [-0.1, -0.05) is 36.4 Å². The molecule has 4 fully saturated rings. The van der Waals surface area contributed by atoms with Crippen molar-refractivity contribution in [1.82, 2.24) is 9.80 Å². The molecule has 4 aliphatic heterocycles. The fourth-order valence-electron chi connectivity index (χ4n) is 5.67. The highest BCUT2D eigenvalue weighted by molar-refractivity contribution is 5.97. The number of amides is 1. The fraction of sp³-hybridized carbons (Fsp3) is 0.435. The molecular formula is C23H25FN2O2. The molecule has 0 unspecified atom stereocenters. The quantitative estimate of drug-likeness (QED) is 0.817. The van der Waals surface area contributed by atoms with Crippen LogP contribution in [-0.2, 0) is 0 Å². The summed E-state index contributed by atoms with van der Waals surface area (Å²) in [6.07, 6.45) is 2.22. The molecule has 2 bridgehead atoms. The monoisotopic (exact) mass is 380 g/mol. The standard InChI is InChI=1S/C23H25FN2O2/c1-28-19-9-5-8-18(24)20(19)23(27)26-14-17(15-6-3-2-4-7-15)22-21(26)16-10-12-25(22)13-11-16/h2-9,16-17,21-22H,10-14H2,1H3/t17-,21+,22+/m1/s1. The number of hydrogen-bond donors (Lipinski definition) is 0. The van der Waals surface area contributed by atoms with Gasteiger partial charge in [0.1, 0.15) is 17.1 Å². The Labute approximate surface area is 164 Å². The molecule has 2 aromatic rings. The first kappa shape index (κ1) is 17.7. The smallest absolute Gasteiger partial charge is 0.260 e. The molecule has 0 spiro atoms. The van der Waals surface area contributed by atoms with Crippen molar-refractivity contribution in [1.29, 1.82) is 0 Å². The Balaban J connectivity index is 1.56. The van der Waals surface area contributed by atoms with Gasteiger partial charge in [0, 0.05) is 18.5 Å². The van der Waals surface area contributed by atoms with Crippen LogP contribution < -0.4 is 4.74 Å². The first-order valence-corrected chi connectivity index (χ1v) is 10.1. The lowest BCUT2D eigenvalue weighted by Crippen LogP contribution is -2.60. The van der Waals surface area contributed by atoms with Crippen LogP contribution in [0.4, 0.5) is 4.39 Å². The number of halogens is 1. The summed E-state index contributed by atoms with van der Waals surface area (Å²) in [5.74, 6) is 0.315. The van der Waals surface area contributed by atoms with Gasteiger partial charge in [0.05, 0.1) is 13.2 Å². The van der Waals surface area contributed by atoms with E-state index in [-0.39, 0.29) is 23.4 Å². The SMILES string of the molecule is COc1cccc(F)c1C(=O)N1C[C@H](c2ccccc2)[C@H]2[C@@H]1C1CCN2CC1. The van der Waals surface area contributed by atoms with Crippen molar-refractivity contribution in [2.24, 2.45) is 5.92 Å². The summed E-state index contributed by atoms with van der Waals surface area (Å²) in [5.41, 5.74) is 1.33. The number of hydrogen-bond acceptors (Lipinski definition) is 3. The number of fused-ring (bicyclic) bond motifs is 2. The summed E-state index contributed by atoms with van der Waals surface area (Å²) in [7, 11) is 1.49. The highest BCUT2D eigenvalue weighted by atomic mass is 19.1. The Morgan fingerprint density at radius 1 is 1.04 bits per heavy atom. The van der Waals surface area contributed by atoms with Crippen LogP contribution in [0.15, 0.2) is 48.5 Å². The fourth-order valence-corrected chi connectivity index (χ4v) is 5.67. The van der Waals surface area contributed by atoms with Crippen molar-refractivity contribution in [3.8, 4) is 5.75 Å². The summed E-state index contributed by atoms with van der Waals surface area (Å²) < 4.78 is 20.0. The zero-order valence-electron chi connectivity index (χ0n) is 16.1. The summed E-state index contributed by atoms with van der Waals surface area (Å²) in [4.78, 5) is 18.0. The van der Waals surface area contributed by atoms with Crippen molar-refractivity contribution in [3.63, 3.8) is 0 Å². The number of rotatable bonds is 3. The maximum atomic E-state index is 14.6. The van der Waals surface area contributed by atoms with Crippen LogP contribution in [0.1, 0.15) is 34.7 Å². The van der Waals surface area contributed by atoms with Crippen LogP contribution in [0.5, 0.6) is 5.75 Å². The molecule has 0 radical (unpaired) electrons. The van der Waals surface area contributed by atoms with E-state index in [1.54, 1.807) is 12.1 Å². The highest BCUT2D eigenvalue weighted by Gasteiger charge is 2.55. The summed E-state index contributed by atoms with van der Waals surface area (Å²) in [6.45, 7) is 2.82. The predicted molar refractivity (Wildman–Crippen MR) is 105 cm³/mol. The number of methoxy groups -OCH3 is 1. The molecule has 0 saturated carbocycles. The lowest BCUT2D eigenvalue weighted by molar-refractivity contribution is -0.00362. The van der Waals surface area contributed by atoms with Gasteiger partial charge in [0.2, 0.25) is 0 Å². The van der Waals surface area contributed by atoms with Gasteiger partial charge in [-0.15, -0.1) is 0 Å². The third-order valence-electron chi connectivity index (χ3n) is 6.89. The summed E-state index contributed by atoms with van der Waals surface area (Å²) >= 11 is 0. The van der Waals surface area contributed by atoms with Gasteiger partial charge in [0.15, 0.2) is 0 Å². The average molecular weight is 380 g/mol. The van der Waals surface area contributed by atoms with Crippen LogP contribution in [0.2, 0.25) is 0 Å².